The molecular weight excluding hydrogens is 296 g/mol. The van der Waals surface area contributed by atoms with Gasteiger partial charge in [-0.1, -0.05) is 12.1 Å². The van der Waals surface area contributed by atoms with Crippen LogP contribution < -0.4 is 14.4 Å². The Morgan fingerprint density at radius 2 is 2.19 bits per heavy atom. The molecular formula is C13H18N2O5S. The molecule has 0 saturated carbocycles. The van der Waals surface area contributed by atoms with E-state index >= 15 is 0 Å². The predicted octanol–water partition coefficient (Wildman–Crippen LogP) is -0.0238. The van der Waals surface area contributed by atoms with Gasteiger partial charge in [-0.05, 0) is 12.1 Å². The number of hydrogen-bond donors (Lipinski definition) is 1. The Hall–Kier alpha value is -1.80. The molecule has 21 heavy (non-hydrogen) atoms. The molecule has 0 spiro atoms. The van der Waals surface area contributed by atoms with E-state index in [-0.39, 0.29) is 12.5 Å². The largest absolute Gasteiger partial charge is 0.476 e. The number of rotatable bonds is 5. The molecule has 0 fully saturated rings. The van der Waals surface area contributed by atoms with Gasteiger partial charge in [0.1, 0.15) is 5.75 Å². The number of benzene rings is 1. The number of anilines is 1. The molecule has 0 aliphatic carbocycles. The summed E-state index contributed by atoms with van der Waals surface area (Å²) < 4.78 is 35.4. The highest BCUT2D eigenvalue weighted by Crippen LogP contribution is 2.34. The van der Waals surface area contributed by atoms with Crippen molar-refractivity contribution in [3.8, 4) is 5.75 Å². The maximum Gasteiger partial charge on any atom is 0.263 e. The van der Waals surface area contributed by atoms with E-state index in [1.807, 2.05) is 0 Å². The van der Waals surface area contributed by atoms with Crippen LogP contribution in [0.2, 0.25) is 0 Å². The van der Waals surface area contributed by atoms with Crippen LogP contribution >= 0.6 is 0 Å². The Morgan fingerprint density at radius 3 is 2.86 bits per heavy atom. The van der Waals surface area contributed by atoms with Crippen molar-refractivity contribution in [2.24, 2.45) is 0 Å². The topological polar surface area (TPSA) is 84.9 Å². The molecule has 1 aliphatic heterocycles. The second-order valence-corrected chi connectivity index (χ2v) is 6.56. The lowest BCUT2D eigenvalue weighted by atomic mass is 10.2. The Morgan fingerprint density at radius 1 is 1.48 bits per heavy atom. The Kier molecular flexibility index (Phi) is 4.69. The number of sulfonamides is 1. The Balaban J connectivity index is 2.20. The van der Waals surface area contributed by atoms with Crippen LogP contribution in [-0.4, -0.2) is 53.5 Å². The second kappa shape index (κ2) is 6.31. The van der Waals surface area contributed by atoms with E-state index in [1.54, 1.807) is 24.3 Å². The molecule has 0 radical (unpaired) electrons. The third-order valence-electron chi connectivity index (χ3n) is 3.03. The van der Waals surface area contributed by atoms with Gasteiger partial charge in [0.05, 0.1) is 25.1 Å². The average molecular weight is 314 g/mol. The van der Waals surface area contributed by atoms with Crippen LogP contribution in [0, 0.1) is 0 Å². The zero-order chi connectivity index (χ0) is 15.5. The first-order valence-corrected chi connectivity index (χ1v) is 8.28. The Labute approximate surface area is 123 Å². The summed E-state index contributed by atoms with van der Waals surface area (Å²) in [5.41, 5.74) is 0.445. The van der Waals surface area contributed by atoms with E-state index < -0.39 is 16.1 Å². The highest BCUT2D eigenvalue weighted by molar-refractivity contribution is 7.92. The maximum absolute atomic E-state index is 12.0. The number of ether oxygens (including phenoxy) is 2. The number of amides is 1. The van der Waals surface area contributed by atoms with Gasteiger partial charge in [0.15, 0.2) is 6.10 Å². The van der Waals surface area contributed by atoms with Crippen LogP contribution in [0.4, 0.5) is 5.69 Å². The molecule has 0 bridgehead atoms. The maximum atomic E-state index is 12.0. The minimum atomic E-state index is -3.48. The number of methoxy groups -OCH3 is 1. The van der Waals surface area contributed by atoms with Crippen molar-refractivity contribution in [1.29, 1.82) is 0 Å². The molecule has 1 N–H and O–H groups in total. The van der Waals surface area contributed by atoms with E-state index in [2.05, 4.69) is 5.32 Å². The molecule has 1 amide bonds. The monoisotopic (exact) mass is 314 g/mol. The van der Waals surface area contributed by atoms with Gasteiger partial charge in [0.2, 0.25) is 10.0 Å². The smallest absolute Gasteiger partial charge is 0.263 e. The number of para-hydroxylation sites is 2. The lowest BCUT2D eigenvalue weighted by molar-refractivity contribution is -0.127. The van der Waals surface area contributed by atoms with Crippen molar-refractivity contribution < 1.29 is 22.7 Å². The molecule has 1 atom stereocenters. The fourth-order valence-electron chi connectivity index (χ4n) is 2.04. The standard InChI is InChI=1S/C13H18N2O5S/c1-19-8-7-14-13(16)12-9-15(21(2,17)18)10-5-3-4-6-11(10)20-12/h3-6,12H,7-9H2,1-2H3,(H,14,16). The van der Waals surface area contributed by atoms with Crippen molar-refractivity contribution in [1.82, 2.24) is 5.32 Å². The highest BCUT2D eigenvalue weighted by atomic mass is 32.2. The number of hydrogen-bond acceptors (Lipinski definition) is 5. The van der Waals surface area contributed by atoms with Crippen LogP contribution in [0.25, 0.3) is 0 Å². The molecule has 1 heterocycles. The summed E-state index contributed by atoms with van der Waals surface area (Å²) in [4.78, 5) is 12.0. The Bertz CT molecular complexity index is 617. The van der Waals surface area contributed by atoms with Crippen LogP contribution in [-0.2, 0) is 19.6 Å². The van der Waals surface area contributed by atoms with Crippen LogP contribution in [0.5, 0.6) is 5.75 Å². The van der Waals surface area contributed by atoms with Gasteiger partial charge in [-0.25, -0.2) is 8.42 Å². The van der Waals surface area contributed by atoms with Gasteiger partial charge in [-0.3, -0.25) is 9.10 Å². The van der Waals surface area contributed by atoms with Crippen molar-refractivity contribution in [3.63, 3.8) is 0 Å². The average Bonchev–Trinajstić information content (AvgIpc) is 2.45. The molecule has 7 nitrogen and oxygen atoms in total. The molecule has 1 aromatic rings. The lowest BCUT2D eigenvalue weighted by Gasteiger charge is -2.33. The quantitative estimate of drug-likeness (QED) is 0.772. The zero-order valence-electron chi connectivity index (χ0n) is 11.9. The van der Waals surface area contributed by atoms with Crippen LogP contribution in [0.3, 0.4) is 0 Å². The number of carbonyl (C=O) groups excluding carboxylic acids is 1. The van der Waals surface area contributed by atoms with E-state index in [4.69, 9.17) is 9.47 Å². The lowest BCUT2D eigenvalue weighted by Crippen LogP contribution is -2.50. The van der Waals surface area contributed by atoms with E-state index in [9.17, 15) is 13.2 Å². The van der Waals surface area contributed by atoms with Crippen molar-refractivity contribution in [2.75, 3.05) is 37.4 Å². The van der Waals surface area contributed by atoms with Crippen molar-refractivity contribution in [2.45, 2.75) is 6.10 Å². The number of fused-ring (bicyclic) bond motifs is 1. The predicted molar refractivity (Wildman–Crippen MR) is 77.9 cm³/mol. The van der Waals surface area contributed by atoms with Gasteiger partial charge in [-0.15, -0.1) is 0 Å². The minimum Gasteiger partial charge on any atom is -0.476 e. The fourth-order valence-corrected chi connectivity index (χ4v) is 2.96. The minimum absolute atomic E-state index is 0.0470. The summed E-state index contributed by atoms with van der Waals surface area (Å²) in [6.07, 6.45) is 0.223. The van der Waals surface area contributed by atoms with E-state index in [0.29, 0.717) is 24.6 Å². The van der Waals surface area contributed by atoms with Gasteiger partial charge >= 0.3 is 0 Å². The second-order valence-electron chi connectivity index (χ2n) is 4.65. The highest BCUT2D eigenvalue weighted by Gasteiger charge is 2.34. The molecule has 1 aliphatic rings. The number of nitrogens with zero attached hydrogens (tertiary/aromatic N) is 1. The first kappa shape index (κ1) is 15.6. The summed E-state index contributed by atoms with van der Waals surface area (Å²) in [5.74, 6) is 0.0104. The molecule has 2 rings (SSSR count). The molecule has 0 saturated heterocycles. The molecule has 1 unspecified atom stereocenters. The number of carbonyl (C=O) groups is 1. The molecule has 8 heteroatoms. The van der Waals surface area contributed by atoms with Gasteiger partial charge in [0.25, 0.3) is 5.91 Å². The number of nitrogens with one attached hydrogen (secondary N) is 1. The van der Waals surface area contributed by atoms with Gasteiger partial charge in [0, 0.05) is 13.7 Å². The van der Waals surface area contributed by atoms with Crippen molar-refractivity contribution in [3.05, 3.63) is 24.3 Å². The molecule has 1 aromatic carbocycles. The molecule has 116 valence electrons. The first-order chi connectivity index (χ1) is 9.93. The third-order valence-corrected chi connectivity index (χ3v) is 4.18. The fraction of sp³-hybridized carbons (Fsp3) is 0.462. The summed E-state index contributed by atoms with van der Waals surface area (Å²) >= 11 is 0. The summed E-state index contributed by atoms with van der Waals surface area (Å²) in [6, 6.07) is 6.74. The normalized spacial score (nSPS) is 17.8. The summed E-state index contributed by atoms with van der Waals surface area (Å²) in [7, 11) is -1.95. The third kappa shape index (κ3) is 3.64. The summed E-state index contributed by atoms with van der Waals surface area (Å²) in [6.45, 7) is 0.676. The van der Waals surface area contributed by atoms with Crippen LogP contribution in [0.15, 0.2) is 24.3 Å². The SMILES string of the molecule is COCCNC(=O)C1CN(S(C)(=O)=O)c2ccccc2O1. The zero-order valence-corrected chi connectivity index (χ0v) is 12.7. The van der Waals surface area contributed by atoms with E-state index in [1.165, 1.54) is 11.4 Å². The van der Waals surface area contributed by atoms with E-state index in [0.717, 1.165) is 6.26 Å². The summed E-state index contributed by atoms with van der Waals surface area (Å²) in [5, 5.41) is 2.65. The molecule has 0 aromatic heterocycles. The van der Waals surface area contributed by atoms with Gasteiger partial charge < -0.3 is 14.8 Å². The van der Waals surface area contributed by atoms with Crippen LogP contribution in [0.1, 0.15) is 0 Å². The van der Waals surface area contributed by atoms with Gasteiger partial charge in [-0.2, -0.15) is 0 Å². The van der Waals surface area contributed by atoms with Crippen molar-refractivity contribution >= 4 is 21.6 Å². The first-order valence-electron chi connectivity index (χ1n) is 6.43.